The van der Waals surface area contributed by atoms with Gasteiger partial charge in [-0.3, -0.25) is 0 Å². The lowest BCUT2D eigenvalue weighted by atomic mass is 10.2. The fourth-order valence-corrected chi connectivity index (χ4v) is 2.36. The molecular formula is C12H9Br2ClN2. The first kappa shape index (κ1) is 12.9. The molecule has 17 heavy (non-hydrogen) atoms. The molecule has 0 bridgehead atoms. The minimum atomic E-state index is 0.664. The summed E-state index contributed by atoms with van der Waals surface area (Å²) in [6, 6.07) is 7.66. The van der Waals surface area contributed by atoms with E-state index in [-0.39, 0.29) is 0 Å². The lowest BCUT2D eigenvalue weighted by molar-refractivity contribution is 1.24. The summed E-state index contributed by atoms with van der Waals surface area (Å²) in [7, 11) is 0. The van der Waals surface area contributed by atoms with Gasteiger partial charge in [0.05, 0.1) is 10.7 Å². The van der Waals surface area contributed by atoms with E-state index >= 15 is 0 Å². The van der Waals surface area contributed by atoms with Crippen LogP contribution in [0.25, 0.3) is 0 Å². The van der Waals surface area contributed by atoms with Crippen molar-refractivity contribution in [2.24, 2.45) is 0 Å². The number of nitrogens with zero attached hydrogens (tertiary/aromatic N) is 1. The molecule has 2 aromatic rings. The first-order valence-electron chi connectivity index (χ1n) is 4.90. The van der Waals surface area contributed by atoms with Crippen molar-refractivity contribution in [2.45, 2.75) is 6.92 Å². The van der Waals surface area contributed by atoms with E-state index < -0.39 is 0 Å². The lowest BCUT2D eigenvalue weighted by Gasteiger charge is -2.10. The molecule has 1 aromatic carbocycles. The number of aryl methyl sites for hydroxylation is 1. The monoisotopic (exact) mass is 374 g/mol. The molecule has 0 amide bonds. The summed E-state index contributed by atoms with van der Waals surface area (Å²) in [4.78, 5) is 4.31. The molecule has 0 fully saturated rings. The van der Waals surface area contributed by atoms with Crippen LogP contribution in [-0.4, -0.2) is 4.98 Å². The van der Waals surface area contributed by atoms with Crippen LogP contribution in [-0.2, 0) is 0 Å². The zero-order valence-corrected chi connectivity index (χ0v) is 12.9. The standard InChI is InChI=1S/C12H9Br2ClN2/c1-7-4-9(14)6-16-12(7)17-11-5-8(13)2-3-10(11)15/h2-6H,1H3,(H,16,17). The van der Waals surface area contributed by atoms with Crippen LogP contribution < -0.4 is 5.32 Å². The van der Waals surface area contributed by atoms with Crippen molar-refractivity contribution in [3.8, 4) is 0 Å². The van der Waals surface area contributed by atoms with Crippen LogP contribution in [0.4, 0.5) is 11.5 Å². The van der Waals surface area contributed by atoms with Crippen molar-refractivity contribution in [1.82, 2.24) is 4.98 Å². The van der Waals surface area contributed by atoms with Crippen LogP contribution in [0.2, 0.25) is 5.02 Å². The van der Waals surface area contributed by atoms with Crippen molar-refractivity contribution in [2.75, 3.05) is 5.32 Å². The number of rotatable bonds is 2. The third kappa shape index (κ3) is 3.21. The van der Waals surface area contributed by atoms with Gasteiger partial charge in [-0.1, -0.05) is 27.5 Å². The zero-order chi connectivity index (χ0) is 12.4. The minimum Gasteiger partial charge on any atom is -0.339 e. The molecule has 0 aliphatic rings. The fraction of sp³-hybridized carbons (Fsp3) is 0.0833. The number of hydrogen-bond acceptors (Lipinski definition) is 2. The van der Waals surface area contributed by atoms with E-state index in [1.807, 2.05) is 31.2 Å². The molecule has 0 aliphatic carbocycles. The van der Waals surface area contributed by atoms with Gasteiger partial charge in [-0.25, -0.2) is 4.98 Å². The van der Waals surface area contributed by atoms with Gasteiger partial charge in [-0.05, 0) is 52.7 Å². The molecule has 0 aliphatic heterocycles. The molecule has 1 aromatic heterocycles. The topological polar surface area (TPSA) is 24.9 Å². The molecule has 5 heteroatoms. The van der Waals surface area contributed by atoms with Crippen LogP contribution in [0.15, 0.2) is 39.4 Å². The molecule has 0 radical (unpaired) electrons. The highest BCUT2D eigenvalue weighted by Gasteiger charge is 2.05. The van der Waals surface area contributed by atoms with Gasteiger partial charge >= 0.3 is 0 Å². The van der Waals surface area contributed by atoms with E-state index in [0.29, 0.717) is 5.02 Å². The summed E-state index contributed by atoms with van der Waals surface area (Å²) < 4.78 is 1.93. The van der Waals surface area contributed by atoms with Gasteiger partial charge in [0.15, 0.2) is 0 Å². The Morgan fingerprint density at radius 3 is 2.65 bits per heavy atom. The van der Waals surface area contributed by atoms with Gasteiger partial charge in [0, 0.05) is 15.1 Å². The quantitative estimate of drug-likeness (QED) is 0.768. The maximum atomic E-state index is 6.11. The summed E-state index contributed by atoms with van der Waals surface area (Å²) in [5.74, 6) is 0.799. The van der Waals surface area contributed by atoms with Crippen LogP contribution in [0, 0.1) is 6.92 Å². The van der Waals surface area contributed by atoms with E-state index in [0.717, 1.165) is 26.0 Å². The van der Waals surface area contributed by atoms with Gasteiger partial charge in [0.25, 0.3) is 0 Å². The molecule has 1 heterocycles. The zero-order valence-electron chi connectivity index (χ0n) is 8.97. The summed E-state index contributed by atoms with van der Waals surface area (Å²) in [5.41, 5.74) is 1.88. The summed E-state index contributed by atoms with van der Waals surface area (Å²) in [5, 5.41) is 3.88. The predicted octanol–water partition coefficient (Wildman–Crippen LogP) is 5.31. The van der Waals surface area contributed by atoms with Gasteiger partial charge in [0.1, 0.15) is 5.82 Å². The third-order valence-corrected chi connectivity index (χ3v) is 3.48. The van der Waals surface area contributed by atoms with E-state index in [9.17, 15) is 0 Å². The normalized spacial score (nSPS) is 10.4. The number of aromatic nitrogens is 1. The molecule has 0 saturated carbocycles. The molecule has 88 valence electrons. The Morgan fingerprint density at radius 2 is 1.94 bits per heavy atom. The predicted molar refractivity (Wildman–Crippen MR) is 79.1 cm³/mol. The minimum absolute atomic E-state index is 0.664. The van der Waals surface area contributed by atoms with E-state index in [2.05, 4.69) is 42.2 Å². The number of halogens is 3. The van der Waals surface area contributed by atoms with E-state index in [4.69, 9.17) is 11.6 Å². The summed E-state index contributed by atoms with van der Waals surface area (Å²) in [6.45, 7) is 1.99. The molecule has 1 N–H and O–H groups in total. The molecule has 2 nitrogen and oxygen atoms in total. The number of benzene rings is 1. The summed E-state index contributed by atoms with van der Waals surface area (Å²) >= 11 is 12.9. The fourth-order valence-electron chi connectivity index (χ4n) is 1.39. The van der Waals surface area contributed by atoms with E-state index in [1.54, 1.807) is 6.20 Å². The Labute approximate surface area is 122 Å². The van der Waals surface area contributed by atoms with Gasteiger partial charge in [-0.15, -0.1) is 0 Å². The van der Waals surface area contributed by atoms with Crippen LogP contribution >= 0.6 is 43.5 Å². The van der Waals surface area contributed by atoms with Crippen molar-refractivity contribution in [3.05, 3.63) is 50.0 Å². The van der Waals surface area contributed by atoms with Crippen molar-refractivity contribution in [1.29, 1.82) is 0 Å². The second-order valence-electron chi connectivity index (χ2n) is 3.57. The van der Waals surface area contributed by atoms with Crippen molar-refractivity contribution in [3.63, 3.8) is 0 Å². The molecule has 0 atom stereocenters. The average Bonchev–Trinajstić information content (AvgIpc) is 2.27. The van der Waals surface area contributed by atoms with Crippen LogP contribution in [0.3, 0.4) is 0 Å². The highest BCUT2D eigenvalue weighted by Crippen LogP contribution is 2.29. The number of hydrogen-bond donors (Lipinski definition) is 1. The Hall–Kier alpha value is -0.580. The van der Waals surface area contributed by atoms with Gasteiger partial charge in [0.2, 0.25) is 0 Å². The lowest BCUT2D eigenvalue weighted by Crippen LogP contribution is -1.96. The third-order valence-electron chi connectivity index (χ3n) is 2.23. The first-order valence-corrected chi connectivity index (χ1v) is 6.87. The summed E-state index contributed by atoms with van der Waals surface area (Å²) in [6.07, 6.45) is 1.75. The number of nitrogens with one attached hydrogen (secondary N) is 1. The molecular weight excluding hydrogens is 367 g/mol. The Balaban J connectivity index is 2.34. The Bertz CT molecular complexity index is 558. The Morgan fingerprint density at radius 1 is 1.18 bits per heavy atom. The molecule has 0 spiro atoms. The second-order valence-corrected chi connectivity index (χ2v) is 5.81. The largest absolute Gasteiger partial charge is 0.339 e. The maximum Gasteiger partial charge on any atom is 0.133 e. The first-order chi connectivity index (χ1) is 8.06. The molecule has 2 rings (SSSR count). The van der Waals surface area contributed by atoms with Crippen LogP contribution in [0.1, 0.15) is 5.56 Å². The SMILES string of the molecule is Cc1cc(Br)cnc1Nc1cc(Br)ccc1Cl. The van der Waals surface area contributed by atoms with Crippen molar-refractivity contribution < 1.29 is 0 Å². The number of anilines is 2. The highest BCUT2D eigenvalue weighted by molar-refractivity contribution is 9.10. The Kier molecular flexibility index (Phi) is 4.07. The second kappa shape index (κ2) is 5.38. The molecule has 0 saturated heterocycles. The van der Waals surface area contributed by atoms with Crippen molar-refractivity contribution >= 4 is 55.0 Å². The highest BCUT2D eigenvalue weighted by atomic mass is 79.9. The average molecular weight is 376 g/mol. The van der Waals surface area contributed by atoms with Crippen LogP contribution in [0.5, 0.6) is 0 Å². The smallest absolute Gasteiger partial charge is 0.133 e. The number of pyridine rings is 1. The maximum absolute atomic E-state index is 6.11. The van der Waals surface area contributed by atoms with E-state index in [1.165, 1.54) is 0 Å². The van der Waals surface area contributed by atoms with Gasteiger partial charge in [-0.2, -0.15) is 0 Å². The molecule has 0 unspecified atom stereocenters. The van der Waals surface area contributed by atoms with Gasteiger partial charge < -0.3 is 5.32 Å².